The quantitative estimate of drug-likeness (QED) is 0.723. The first-order valence-electron chi connectivity index (χ1n) is 6.03. The number of rotatable bonds is 2. The Morgan fingerprint density at radius 3 is 2.71 bits per heavy atom. The van der Waals surface area contributed by atoms with E-state index in [4.69, 9.17) is 0 Å². The summed E-state index contributed by atoms with van der Waals surface area (Å²) in [5.41, 5.74) is 0.557. The molecular weight excluding hydrogens is 172 g/mol. The van der Waals surface area contributed by atoms with Crippen molar-refractivity contribution in [2.75, 3.05) is 26.2 Å². The van der Waals surface area contributed by atoms with Crippen molar-refractivity contribution >= 4 is 0 Å². The van der Waals surface area contributed by atoms with Gasteiger partial charge in [-0.05, 0) is 37.3 Å². The topological polar surface area (TPSA) is 15.3 Å². The van der Waals surface area contributed by atoms with E-state index in [0.717, 1.165) is 12.0 Å². The van der Waals surface area contributed by atoms with Gasteiger partial charge in [-0.1, -0.05) is 20.8 Å². The third kappa shape index (κ3) is 2.29. The zero-order valence-electron chi connectivity index (χ0n) is 9.84. The van der Waals surface area contributed by atoms with Crippen molar-refractivity contribution in [3.05, 3.63) is 0 Å². The summed E-state index contributed by atoms with van der Waals surface area (Å²) in [5.74, 6) is 0.874. The van der Waals surface area contributed by atoms with Crippen molar-refractivity contribution in [1.82, 2.24) is 10.2 Å². The van der Waals surface area contributed by atoms with Gasteiger partial charge >= 0.3 is 0 Å². The average molecular weight is 196 g/mol. The number of hydrogen-bond donors (Lipinski definition) is 1. The van der Waals surface area contributed by atoms with Crippen LogP contribution in [0.5, 0.6) is 0 Å². The average Bonchev–Trinajstić information content (AvgIpc) is 2.61. The molecule has 2 unspecified atom stereocenters. The van der Waals surface area contributed by atoms with Crippen LogP contribution in [0, 0.1) is 11.3 Å². The Kier molecular flexibility index (Phi) is 2.85. The summed E-state index contributed by atoms with van der Waals surface area (Å²) in [6.45, 7) is 12.2. The van der Waals surface area contributed by atoms with Crippen LogP contribution in [-0.2, 0) is 0 Å². The second-order valence-electron chi connectivity index (χ2n) is 5.98. The summed E-state index contributed by atoms with van der Waals surface area (Å²) >= 11 is 0. The van der Waals surface area contributed by atoms with Crippen molar-refractivity contribution < 1.29 is 0 Å². The molecule has 0 bridgehead atoms. The summed E-state index contributed by atoms with van der Waals surface area (Å²) in [6, 6.07) is 0.754. The van der Waals surface area contributed by atoms with Crippen LogP contribution in [-0.4, -0.2) is 37.1 Å². The van der Waals surface area contributed by atoms with Crippen LogP contribution < -0.4 is 5.32 Å². The molecule has 2 fully saturated rings. The fourth-order valence-corrected chi connectivity index (χ4v) is 2.80. The lowest BCUT2D eigenvalue weighted by molar-refractivity contribution is 0.252. The van der Waals surface area contributed by atoms with Crippen LogP contribution in [0.3, 0.4) is 0 Å². The predicted molar refractivity (Wildman–Crippen MR) is 60.4 cm³/mol. The number of nitrogens with one attached hydrogen (secondary N) is 1. The Balaban J connectivity index is 1.81. The first-order chi connectivity index (χ1) is 6.57. The molecule has 0 spiro atoms. The maximum Gasteiger partial charge on any atom is 0.0221 e. The second kappa shape index (κ2) is 3.82. The maximum absolute atomic E-state index is 3.62. The van der Waals surface area contributed by atoms with E-state index in [-0.39, 0.29) is 0 Å². The van der Waals surface area contributed by atoms with Gasteiger partial charge in [-0.2, -0.15) is 0 Å². The fourth-order valence-electron chi connectivity index (χ4n) is 2.80. The molecule has 0 aromatic rings. The van der Waals surface area contributed by atoms with Crippen LogP contribution >= 0.6 is 0 Å². The van der Waals surface area contributed by atoms with Crippen LogP contribution in [0.4, 0.5) is 0 Å². The Morgan fingerprint density at radius 1 is 1.43 bits per heavy atom. The van der Waals surface area contributed by atoms with Gasteiger partial charge in [0.05, 0.1) is 0 Å². The van der Waals surface area contributed by atoms with E-state index < -0.39 is 0 Å². The van der Waals surface area contributed by atoms with E-state index in [1.54, 1.807) is 0 Å². The minimum atomic E-state index is 0.557. The van der Waals surface area contributed by atoms with E-state index in [9.17, 15) is 0 Å². The standard InChI is InChI=1S/C12H24N2/c1-10-4-6-13-11(10)8-14-7-5-12(2,3)9-14/h10-11,13H,4-9H2,1-3H3. The molecule has 0 radical (unpaired) electrons. The molecule has 82 valence electrons. The highest BCUT2D eigenvalue weighted by atomic mass is 15.2. The second-order valence-corrected chi connectivity index (χ2v) is 5.98. The fraction of sp³-hybridized carbons (Fsp3) is 1.00. The zero-order valence-corrected chi connectivity index (χ0v) is 9.84. The highest BCUT2D eigenvalue weighted by Crippen LogP contribution is 2.29. The highest BCUT2D eigenvalue weighted by molar-refractivity contribution is 4.88. The molecule has 2 nitrogen and oxygen atoms in total. The summed E-state index contributed by atoms with van der Waals surface area (Å²) in [4.78, 5) is 2.64. The van der Waals surface area contributed by atoms with E-state index in [1.807, 2.05) is 0 Å². The van der Waals surface area contributed by atoms with Crippen LogP contribution in [0.1, 0.15) is 33.6 Å². The summed E-state index contributed by atoms with van der Waals surface area (Å²) < 4.78 is 0. The van der Waals surface area contributed by atoms with Gasteiger partial charge in [0, 0.05) is 19.1 Å². The van der Waals surface area contributed by atoms with Crippen LogP contribution in [0.2, 0.25) is 0 Å². The van der Waals surface area contributed by atoms with Crippen molar-refractivity contribution in [2.45, 2.75) is 39.7 Å². The molecule has 0 aliphatic carbocycles. The SMILES string of the molecule is CC1CCNC1CN1CCC(C)(C)C1. The maximum atomic E-state index is 3.62. The third-order valence-electron chi connectivity index (χ3n) is 3.90. The summed E-state index contributed by atoms with van der Waals surface area (Å²) in [6.07, 6.45) is 2.73. The Bertz CT molecular complexity index is 200. The normalized spacial score (nSPS) is 37.9. The largest absolute Gasteiger partial charge is 0.312 e. The minimum absolute atomic E-state index is 0.557. The predicted octanol–water partition coefficient (Wildman–Crippen LogP) is 1.72. The monoisotopic (exact) mass is 196 g/mol. The first-order valence-corrected chi connectivity index (χ1v) is 6.03. The summed E-state index contributed by atoms with van der Waals surface area (Å²) in [7, 11) is 0. The molecule has 0 saturated carbocycles. The van der Waals surface area contributed by atoms with Gasteiger partial charge in [0.1, 0.15) is 0 Å². The molecule has 1 N–H and O–H groups in total. The molecule has 2 heterocycles. The molecular formula is C12H24N2. The van der Waals surface area contributed by atoms with Crippen LogP contribution in [0.25, 0.3) is 0 Å². The highest BCUT2D eigenvalue weighted by Gasteiger charge is 2.32. The zero-order chi connectivity index (χ0) is 10.2. The van der Waals surface area contributed by atoms with Crippen molar-refractivity contribution in [3.8, 4) is 0 Å². The lowest BCUT2D eigenvalue weighted by Gasteiger charge is -2.25. The first kappa shape index (κ1) is 10.4. The van der Waals surface area contributed by atoms with E-state index >= 15 is 0 Å². The minimum Gasteiger partial charge on any atom is -0.312 e. The van der Waals surface area contributed by atoms with Gasteiger partial charge < -0.3 is 10.2 Å². The molecule has 0 amide bonds. The molecule has 2 aliphatic rings. The smallest absolute Gasteiger partial charge is 0.0221 e. The number of likely N-dealkylation sites (tertiary alicyclic amines) is 1. The van der Waals surface area contributed by atoms with Crippen molar-refractivity contribution in [3.63, 3.8) is 0 Å². The van der Waals surface area contributed by atoms with Gasteiger partial charge in [-0.25, -0.2) is 0 Å². The molecule has 2 aliphatic heterocycles. The van der Waals surface area contributed by atoms with Crippen molar-refractivity contribution in [1.29, 1.82) is 0 Å². The van der Waals surface area contributed by atoms with E-state index in [2.05, 4.69) is 31.0 Å². The molecule has 2 rings (SSSR count). The van der Waals surface area contributed by atoms with E-state index in [0.29, 0.717) is 5.41 Å². The Hall–Kier alpha value is -0.0800. The van der Waals surface area contributed by atoms with E-state index in [1.165, 1.54) is 39.0 Å². The molecule has 0 aromatic carbocycles. The number of nitrogens with zero attached hydrogens (tertiary/aromatic N) is 1. The molecule has 2 heteroatoms. The van der Waals surface area contributed by atoms with Gasteiger partial charge in [-0.15, -0.1) is 0 Å². The molecule has 2 saturated heterocycles. The lowest BCUT2D eigenvalue weighted by Crippen LogP contribution is -2.39. The Morgan fingerprint density at radius 2 is 2.21 bits per heavy atom. The Labute approximate surface area is 88.1 Å². The van der Waals surface area contributed by atoms with Gasteiger partial charge in [0.2, 0.25) is 0 Å². The number of hydrogen-bond acceptors (Lipinski definition) is 2. The third-order valence-corrected chi connectivity index (χ3v) is 3.90. The molecule has 0 aromatic heterocycles. The van der Waals surface area contributed by atoms with Crippen molar-refractivity contribution in [2.24, 2.45) is 11.3 Å². The molecule has 2 atom stereocenters. The van der Waals surface area contributed by atoms with Gasteiger partial charge in [0.25, 0.3) is 0 Å². The van der Waals surface area contributed by atoms with Crippen LogP contribution in [0.15, 0.2) is 0 Å². The summed E-state index contributed by atoms with van der Waals surface area (Å²) in [5, 5.41) is 3.62. The molecule has 14 heavy (non-hydrogen) atoms. The van der Waals surface area contributed by atoms with Gasteiger partial charge in [-0.3, -0.25) is 0 Å². The van der Waals surface area contributed by atoms with Gasteiger partial charge in [0.15, 0.2) is 0 Å². The lowest BCUT2D eigenvalue weighted by atomic mass is 9.93.